The molecule has 23 heavy (non-hydrogen) atoms. The topological polar surface area (TPSA) is 68.5 Å². The van der Waals surface area contributed by atoms with Crippen LogP contribution in [0.4, 0.5) is 0 Å². The van der Waals surface area contributed by atoms with Crippen LogP contribution in [-0.4, -0.2) is 40.8 Å². The number of aryl methyl sites for hydroxylation is 1. The highest BCUT2D eigenvalue weighted by molar-refractivity contribution is 5.99. The number of hydrogen-bond donors (Lipinski definition) is 1. The van der Waals surface area contributed by atoms with E-state index < -0.39 is 0 Å². The molecule has 3 aromatic rings. The molecule has 0 atom stereocenters. The molecule has 0 aliphatic rings. The van der Waals surface area contributed by atoms with Crippen molar-refractivity contribution in [2.45, 2.75) is 6.92 Å². The summed E-state index contributed by atoms with van der Waals surface area (Å²) in [7, 11) is 1.59. The average molecular weight is 310 g/mol. The molecule has 0 saturated carbocycles. The molecule has 6 nitrogen and oxygen atoms in total. The van der Waals surface area contributed by atoms with Gasteiger partial charge in [-0.25, -0.2) is 9.50 Å². The van der Waals surface area contributed by atoms with Gasteiger partial charge in [0, 0.05) is 25.4 Å². The average Bonchev–Trinajstić information content (AvgIpc) is 3.00. The maximum atomic E-state index is 12.2. The first-order valence-electron chi connectivity index (χ1n) is 7.37. The number of hydrogen-bond acceptors (Lipinski definition) is 4. The van der Waals surface area contributed by atoms with Crippen molar-refractivity contribution in [3.05, 3.63) is 53.9 Å². The first-order chi connectivity index (χ1) is 11.2. The summed E-state index contributed by atoms with van der Waals surface area (Å²) >= 11 is 0. The summed E-state index contributed by atoms with van der Waals surface area (Å²) in [4.78, 5) is 16.5. The Hall–Kier alpha value is -2.73. The highest BCUT2D eigenvalue weighted by atomic mass is 16.5. The summed E-state index contributed by atoms with van der Waals surface area (Å²) in [5, 5.41) is 7.12. The van der Waals surface area contributed by atoms with Gasteiger partial charge in [0.1, 0.15) is 5.56 Å². The van der Waals surface area contributed by atoms with Gasteiger partial charge in [-0.1, -0.05) is 29.8 Å². The quantitative estimate of drug-likeness (QED) is 0.733. The molecule has 1 amide bonds. The van der Waals surface area contributed by atoms with Crippen molar-refractivity contribution in [3.8, 4) is 11.3 Å². The van der Waals surface area contributed by atoms with Gasteiger partial charge in [0.05, 0.1) is 18.5 Å². The van der Waals surface area contributed by atoms with Gasteiger partial charge in [0.2, 0.25) is 0 Å². The molecule has 0 bridgehead atoms. The smallest absolute Gasteiger partial charge is 0.256 e. The summed E-state index contributed by atoms with van der Waals surface area (Å²) < 4.78 is 6.62. The monoisotopic (exact) mass is 310 g/mol. The van der Waals surface area contributed by atoms with Crippen LogP contribution in [0.1, 0.15) is 15.9 Å². The number of carbonyl (C=O) groups excluding carboxylic acids is 1. The van der Waals surface area contributed by atoms with Gasteiger partial charge in [0.15, 0.2) is 5.65 Å². The Morgan fingerprint density at radius 2 is 2.04 bits per heavy atom. The lowest BCUT2D eigenvalue weighted by molar-refractivity contribution is 0.0938. The lowest BCUT2D eigenvalue weighted by atomic mass is 10.1. The predicted molar refractivity (Wildman–Crippen MR) is 87.4 cm³/mol. The molecular weight excluding hydrogens is 292 g/mol. The summed E-state index contributed by atoms with van der Waals surface area (Å²) in [6.07, 6.45) is 3.24. The van der Waals surface area contributed by atoms with Crippen molar-refractivity contribution in [1.82, 2.24) is 19.9 Å². The Kier molecular flexibility index (Phi) is 4.34. The van der Waals surface area contributed by atoms with Gasteiger partial charge in [-0.3, -0.25) is 4.79 Å². The normalized spacial score (nSPS) is 10.9. The number of ether oxygens (including phenoxy) is 1. The largest absolute Gasteiger partial charge is 0.383 e. The molecule has 118 valence electrons. The Morgan fingerprint density at radius 3 is 2.78 bits per heavy atom. The molecule has 1 N–H and O–H groups in total. The number of carbonyl (C=O) groups is 1. The number of amides is 1. The Labute approximate surface area is 134 Å². The van der Waals surface area contributed by atoms with Gasteiger partial charge in [-0.2, -0.15) is 5.10 Å². The molecule has 6 heteroatoms. The van der Waals surface area contributed by atoms with E-state index in [9.17, 15) is 4.79 Å². The van der Waals surface area contributed by atoms with Crippen molar-refractivity contribution >= 4 is 11.6 Å². The van der Waals surface area contributed by atoms with E-state index in [4.69, 9.17) is 4.74 Å². The van der Waals surface area contributed by atoms with Crippen LogP contribution in [0.5, 0.6) is 0 Å². The van der Waals surface area contributed by atoms with E-state index in [0.29, 0.717) is 24.4 Å². The van der Waals surface area contributed by atoms with Crippen LogP contribution in [-0.2, 0) is 4.74 Å². The van der Waals surface area contributed by atoms with Crippen molar-refractivity contribution in [3.63, 3.8) is 0 Å². The highest BCUT2D eigenvalue weighted by Crippen LogP contribution is 2.21. The van der Waals surface area contributed by atoms with Crippen molar-refractivity contribution < 1.29 is 9.53 Å². The van der Waals surface area contributed by atoms with Crippen LogP contribution in [0.3, 0.4) is 0 Å². The first kappa shape index (κ1) is 15.2. The maximum Gasteiger partial charge on any atom is 0.256 e. The van der Waals surface area contributed by atoms with Crippen LogP contribution < -0.4 is 5.32 Å². The fourth-order valence-corrected chi connectivity index (χ4v) is 2.36. The molecule has 0 fully saturated rings. The fourth-order valence-electron chi connectivity index (χ4n) is 2.36. The summed E-state index contributed by atoms with van der Waals surface area (Å²) in [5.74, 6) is -0.203. The van der Waals surface area contributed by atoms with Gasteiger partial charge in [-0.05, 0) is 13.0 Å². The molecule has 0 aliphatic heterocycles. The number of nitrogens with zero attached hydrogens (tertiary/aromatic N) is 3. The number of nitrogens with one attached hydrogen (secondary N) is 1. The summed E-state index contributed by atoms with van der Waals surface area (Å²) in [6.45, 7) is 2.96. The first-order valence-corrected chi connectivity index (χ1v) is 7.37. The standard InChI is InChI=1S/C17H18N4O2/c1-12-3-5-13(6-4-12)15-7-8-18-16-14(11-20-21(15)16)17(22)19-9-10-23-2/h3-8,11H,9-10H2,1-2H3,(H,19,22). The van der Waals surface area contributed by atoms with Gasteiger partial charge in [-0.15, -0.1) is 0 Å². The lowest BCUT2D eigenvalue weighted by Gasteiger charge is -2.06. The van der Waals surface area contributed by atoms with E-state index in [2.05, 4.69) is 15.4 Å². The van der Waals surface area contributed by atoms with E-state index in [1.807, 2.05) is 37.3 Å². The van der Waals surface area contributed by atoms with Crippen molar-refractivity contribution in [2.75, 3.05) is 20.3 Å². The minimum Gasteiger partial charge on any atom is -0.383 e. The minimum absolute atomic E-state index is 0.203. The van der Waals surface area contributed by atoms with E-state index in [1.54, 1.807) is 24.0 Å². The van der Waals surface area contributed by atoms with Gasteiger partial charge < -0.3 is 10.1 Å². The van der Waals surface area contributed by atoms with Crippen molar-refractivity contribution in [2.24, 2.45) is 0 Å². The molecule has 0 aliphatic carbocycles. The molecule has 2 heterocycles. The number of methoxy groups -OCH3 is 1. The number of rotatable bonds is 5. The zero-order valence-corrected chi connectivity index (χ0v) is 13.1. The lowest BCUT2D eigenvalue weighted by Crippen LogP contribution is -2.26. The van der Waals surface area contributed by atoms with E-state index in [-0.39, 0.29) is 5.91 Å². The number of benzene rings is 1. The minimum atomic E-state index is -0.203. The molecule has 0 saturated heterocycles. The molecule has 0 unspecified atom stereocenters. The summed E-state index contributed by atoms with van der Waals surface area (Å²) in [5.41, 5.74) is 4.11. The highest BCUT2D eigenvalue weighted by Gasteiger charge is 2.15. The van der Waals surface area contributed by atoms with Crippen LogP contribution in [0.2, 0.25) is 0 Å². The van der Waals surface area contributed by atoms with Gasteiger partial charge >= 0.3 is 0 Å². The van der Waals surface area contributed by atoms with E-state index >= 15 is 0 Å². The molecule has 1 aromatic carbocycles. The maximum absolute atomic E-state index is 12.2. The molecule has 2 aromatic heterocycles. The second kappa shape index (κ2) is 6.58. The zero-order valence-electron chi connectivity index (χ0n) is 13.1. The third-order valence-corrected chi connectivity index (χ3v) is 3.58. The third-order valence-electron chi connectivity index (χ3n) is 3.58. The number of fused-ring (bicyclic) bond motifs is 1. The molecule has 0 spiro atoms. The van der Waals surface area contributed by atoms with E-state index in [0.717, 1.165) is 11.3 Å². The molecule has 0 radical (unpaired) electrons. The Balaban J connectivity index is 1.97. The predicted octanol–water partition coefficient (Wildman–Crippen LogP) is 2.08. The van der Waals surface area contributed by atoms with Crippen LogP contribution in [0.15, 0.2) is 42.7 Å². The van der Waals surface area contributed by atoms with Crippen LogP contribution >= 0.6 is 0 Å². The summed E-state index contributed by atoms with van der Waals surface area (Å²) in [6, 6.07) is 10.0. The zero-order chi connectivity index (χ0) is 16.2. The van der Waals surface area contributed by atoms with Gasteiger partial charge in [0.25, 0.3) is 5.91 Å². The SMILES string of the molecule is COCCNC(=O)c1cnn2c(-c3ccc(C)cc3)ccnc12. The second-order valence-electron chi connectivity index (χ2n) is 5.24. The Bertz CT molecular complexity index is 824. The molecular formula is C17H18N4O2. The fraction of sp³-hybridized carbons (Fsp3) is 0.235. The number of aromatic nitrogens is 3. The molecule has 3 rings (SSSR count). The second-order valence-corrected chi connectivity index (χ2v) is 5.24. The Morgan fingerprint density at radius 1 is 1.26 bits per heavy atom. The third kappa shape index (κ3) is 3.07. The van der Waals surface area contributed by atoms with Crippen LogP contribution in [0.25, 0.3) is 16.9 Å². The van der Waals surface area contributed by atoms with Crippen molar-refractivity contribution in [1.29, 1.82) is 0 Å². The van der Waals surface area contributed by atoms with Crippen LogP contribution in [0, 0.1) is 6.92 Å². The van der Waals surface area contributed by atoms with E-state index in [1.165, 1.54) is 5.56 Å².